The maximum Gasteiger partial charge on any atom is 0.416 e. The fraction of sp³-hybridized carbons (Fsp3) is 0.529. The van der Waals surface area contributed by atoms with Crippen molar-refractivity contribution in [2.75, 3.05) is 19.6 Å². The van der Waals surface area contributed by atoms with E-state index in [0.717, 1.165) is 18.6 Å². The van der Waals surface area contributed by atoms with Crippen LogP contribution in [-0.4, -0.2) is 31.5 Å². The van der Waals surface area contributed by atoms with Gasteiger partial charge in [-0.3, -0.25) is 4.79 Å². The van der Waals surface area contributed by atoms with Crippen LogP contribution in [0, 0.1) is 0 Å². The quantitative estimate of drug-likeness (QED) is 0.494. The van der Waals surface area contributed by atoms with Gasteiger partial charge in [0.15, 0.2) is 5.96 Å². The van der Waals surface area contributed by atoms with Gasteiger partial charge in [0.05, 0.1) is 12.1 Å². The first kappa shape index (κ1) is 20.8. The Labute approximate surface area is 146 Å². The van der Waals surface area contributed by atoms with Gasteiger partial charge in [0.1, 0.15) is 0 Å². The van der Waals surface area contributed by atoms with Crippen molar-refractivity contribution in [3.8, 4) is 0 Å². The minimum absolute atomic E-state index is 0.0527. The largest absolute Gasteiger partial charge is 0.416 e. The van der Waals surface area contributed by atoms with E-state index in [2.05, 4.69) is 20.9 Å². The first-order valence-corrected chi connectivity index (χ1v) is 8.31. The summed E-state index contributed by atoms with van der Waals surface area (Å²) in [6, 6.07) is 5.09. The molecular formula is C17H25F3N4O. The summed E-state index contributed by atoms with van der Waals surface area (Å²) in [5.74, 6) is 0.409. The van der Waals surface area contributed by atoms with Crippen molar-refractivity contribution in [2.45, 2.75) is 39.4 Å². The summed E-state index contributed by atoms with van der Waals surface area (Å²) in [6.45, 7) is 5.61. The van der Waals surface area contributed by atoms with Crippen molar-refractivity contribution in [2.24, 2.45) is 4.99 Å². The fourth-order valence-corrected chi connectivity index (χ4v) is 2.01. The molecule has 8 heteroatoms. The lowest BCUT2D eigenvalue weighted by Gasteiger charge is -2.12. The second-order valence-corrected chi connectivity index (χ2v) is 5.42. The van der Waals surface area contributed by atoms with Crippen molar-refractivity contribution in [1.82, 2.24) is 16.0 Å². The lowest BCUT2D eigenvalue weighted by Crippen LogP contribution is -2.39. The molecule has 0 aromatic heterocycles. The van der Waals surface area contributed by atoms with Gasteiger partial charge in [-0.15, -0.1) is 0 Å². The third-order valence-corrected chi connectivity index (χ3v) is 3.23. The number of amides is 1. The number of carbonyl (C=O) groups excluding carboxylic acids is 1. The van der Waals surface area contributed by atoms with Crippen LogP contribution in [0.15, 0.2) is 29.3 Å². The second kappa shape index (κ2) is 10.6. The molecule has 1 aromatic carbocycles. The van der Waals surface area contributed by atoms with E-state index in [1.807, 2.05) is 13.8 Å². The first-order chi connectivity index (χ1) is 11.9. The molecule has 1 amide bonds. The highest BCUT2D eigenvalue weighted by atomic mass is 19.4. The highest BCUT2D eigenvalue weighted by molar-refractivity contribution is 5.81. The van der Waals surface area contributed by atoms with Gasteiger partial charge in [0, 0.05) is 26.1 Å². The zero-order chi connectivity index (χ0) is 18.7. The van der Waals surface area contributed by atoms with Crippen LogP contribution in [0.2, 0.25) is 0 Å². The van der Waals surface area contributed by atoms with Gasteiger partial charge in [-0.25, -0.2) is 4.99 Å². The number of guanidine groups is 1. The zero-order valence-corrected chi connectivity index (χ0v) is 14.5. The summed E-state index contributed by atoms with van der Waals surface area (Å²) in [7, 11) is 0. The summed E-state index contributed by atoms with van der Waals surface area (Å²) < 4.78 is 38.2. The van der Waals surface area contributed by atoms with E-state index in [1.165, 1.54) is 6.07 Å². The van der Waals surface area contributed by atoms with Gasteiger partial charge < -0.3 is 16.0 Å². The van der Waals surface area contributed by atoms with Gasteiger partial charge in [0.25, 0.3) is 0 Å². The molecule has 3 N–H and O–H groups in total. The van der Waals surface area contributed by atoms with Crippen LogP contribution < -0.4 is 16.0 Å². The minimum atomic E-state index is -4.37. The molecule has 0 aliphatic rings. The molecule has 0 fully saturated rings. The third-order valence-electron chi connectivity index (χ3n) is 3.23. The molecule has 140 valence electrons. The summed E-state index contributed by atoms with van der Waals surface area (Å²) in [4.78, 5) is 15.8. The predicted octanol–water partition coefficient (Wildman–Crippen LogP) is 2.68. The molecule has 0 unspecified atom stereocenters. The second-order valence-electron chi connectivity index (χ2n) is 5.42. The van der Waals surface area contributed by atoms with Crippen LogP contribution in [0.5, 0.6) is 0 Å². The van der Waals surface area contributed by atoms with E-state index in [1.54, 1.807) is 6.07 Å². The van der Waals surface area contributed by atoms with Crippen LogP contribution in [0.1, 0.15) is 37.8 Å². The Bertz CT molecular complexity index is 573. The maximum atomic E-state index is 12.7. The average molecular weight is 358 g/mol. The monoisotopic (exact) mass is 358 g/mol. The minimum Gasteiger partial charge on any atom is -0.357 e. The number of aliphatic imine (C=N–C) groups is 1. The maximum absolute atomic E-state index is 12.7. The van der Waals surface area contributed by atoms with E-state index in [0.29, 0.717) is 37.6 Å². The number of alkyl halides is 3. The van der Waals surface area contributed by atoms with Crippen molar-refractivity contribution in [3.05, 3.63) is 35.4 Å². The Hall–Kier alpha value is -2.25. The number of halogens is 3. The molecule has 0 radical (unpaired) electrons. The Morgan fingerprint density at radius 2 is 1.88 bits per heavy atom. The number of hydrogen-bond donors (Lipinski definition) is 3. The summed E-state index contributed by atoms with van der Waals surface area (Å²) in [6.07, 6.45) is -3.19. The van der Waals surface area contributed by atoms with E-state index in [4.69, 9.17) is 0 Å². The Kier molecular flexibility index (Phi) is 8.80. The molecular weight excluding hydrogens is 333 g/mol. The van der Waals surface area contributed by atoms with Gasteiger partial charge in [0.2, 0.25) is 5.91 Å². The van der Waals surface area contributed by atoms with Crippen LogP contribution >= 0.6 is 0 Å². The summed E-state index contributed by atoms with van der Waals surface area (Å²) in [5.41, 5.74) is -0.224. The SMILES string of the molecule is CCCNC(=O)CCNC(=NCc1cccc(C(F)(F)F)c1)NCC. The molecule has 0 atom stereocenters. The zero-order valence-electron chi connectivity index (χ0n) is 14.5. The third kappa shape index (κ3) is 8.42. The highest BCUT2D eigenvalue weighted by Gasteiger charge is 2.30. The van der Waals surface area contributed by atoms with E-state index in [-0.39, 0.29) is 12.5 Å². The Morgan fingerprint density at radius 1 is 1.12 bits per heavy atom. The highest BCUT2D eigenvalue weighted by Crippen LogP contribution is 2.29. The van der Waals surface area contributed by atoms with Gasteiger partial charge in [-0.1, -0.05) is 19.1 Å². The lowest BCUT2D eigenvalue weighted by atomic mass is 10.1. The van der Waals surface area contributed by atoms with E-state index >= 15 is 0 Å². The molecule has 5 nitrogen and oxygen atoms in total. The Balaban J connectivity index is 2.59. The molecule has 0 saturated heterocycles. The molecule has 1 aromatic rings. The molecule has 0 saturated carbocycles. The number of nitrogens with one attached hydrogen (secondary N) is 3. The smallest absolute Gasteiger partial charge is 0.357 e. The van der Waals surface area contributed by atoms with E-state index in [9.17, 15) is 18.0 Å². The number of hydrogen-bond acceptors (Lipinski definition) is 2. The van der Waals surface area contributed by atoms with Crippen LogP contribution in [-0.2, 0) is 17.5 Å². The van der Waals surface area contributed by atoms with Crippen molar-refractivity contribution in [3.63, 3.8) is 0 Å². The molecule has 0 aliphatic heterocycles. The summed E-state index contributed by atoms with van der Waals surface area (Å²) >= 11 is 0. The number of carbonyl (C=O) groups is 1. The van der Waals surface area contributed by atoms with E-state index < -0.39 is 11.7 Å². The molecule has 1 rings (SSSR count). The number of rotatable bonds is 8. The predicted molar refractivity (Wildman–Crippen MR) is 92.2 cm³/mol. The topological polar surface area (TPSA) is 65.5 Å². The van der Waals surface area contributed by atoms with Gasteiger partial charge in [-0.05, 0) is 31.0 Å². The average Bonchev–Trinajstić information content (AvgIpc) is 2.57. The standard InChI is InChI=1S/C17H25F3N4O/c1-3-9-22-15(25)8-10-23-16(21-4-2)24-12-13-6-5-7-14(11-13)17(18,19)20/h5-7,11H,3-4,8-10,12H2,1-2H3,(H,22,25)(H2,21,23,24). The Morgan fingerprint density at radius 3 is 2.52 bits per heavy atom. The van der Waals surface area contributed by atoms with Crippen LogP contribution in [0.4, 0.5) is 13.2 Å². The number of benzene rings is 1. The van der Waals surface area contributed by atoms with Crippen molar-refractivity contribution in [1.29, 1.82) is 0 Å². The molecule has 0 heterocycles. The molecule has 0 aliphatic carbocycles. The van der Waals surface area contributed by atoms with Crippen LogP contribution in [0.25, 0.3) is 0 Å². The van der Waals surface area contributed by atoms with Crippen LogP contribution in [0.3, 0.4) is 0 Å². The van der Waals surface area contributed by atoms with Gasteiger partial charge >= 0.3 is 6.18 Å². The number of nitrogens with zero attached hydrogens (tertiary/aromatic N) is 1. The van der Waals surface area contributed by atoms with Gasteiger partial charge in [-0.2, -0.15) is 13.2 Å². The lowest BCUT2D eigenvalue weighted by molar-refractivity contribution is -0.137. The molecule has 25 heavy (non-hydrogen) atoms. The fourth-order valence-electron chi connectivity index (χ4n) is 2.01. The van der Waals surface area contributed by atoms with Crippen molar-refractivity contribution >= 4 is 11.9 Å². The molecule has 0 spiro atoms. The summed E-state index contributed by atoms with van der Waals surface area (Å²) in [5, 5.41) is 8.77. The van der Waals surface area contributed by atoms with Crippen molar-refractivity contribution < 1.29 is 18.0 Å². The first-order valence-electron chi connectivity index (χ1n) is 8.31. The molecule has 0 bridgehead atoms. The normalized spacial score (nSPS) is 12.0.